The summed E-state index contributed by atoms with van der Waals surface area (Å²) in [5, 5.41) is 0. The van der Waals surface area contributed by atoms with Crippen LogP contribution in [0.3, 0.4) is 0 Å². The fourth-order valence-corrected chi connectivity index (χ4v) is 5.68. The lowest BCUT2D eigenvalue weighted by Crippen LogP contribution is -2.16. The smallest absolute Gasteiger partial charge is 0.305 e. The molecule has 0 saturated carbocycles. The predicted molar refractivity (Wildman–Crippen MR) is 217 cm³/mol. The molecule has 0 amide bonds. The van der Waals surface area contributed by atoms with E-state index in [-0.39, 0.29) is 30.7 Å². The standard InChI is InChI=1S/C41H74O16S/c1-3-4-5-6-7-8-9-10-41(42)56-37-35-54-33-31-52-29-27-50-25-23-48-21-19-46-17-15-45-16-18-47-20-22-49-24-26-51-28-30-53-32-34-55-36-38-57-58(43,44)40-13-11-39(2)12-14-40/h11-14H,3-10,15-38H2,1-2H3. The molecule has 0 spiro atoms. The normalized spacial score (nSPS) is 11.8. The molecule has 0 aliphatic carbocycles. The Balaban J connectivity index is 1.66. The number of unbranched alkanes of at least 4 members (excludes halogenated alkanes) is 6. The highest BCUT2D eigenvalue weighted by Gasteiger charge is 2.14. The van der Waals surface area contributed by atoms with E-state index in [1.165, 1.54) is 44.2 Å². The van der Waals surface area contributed by atoms with Gasteiger partial charge in [0.05, 0.1) is 157 Å². The van der Waals surface area contributed by atoms with E-state index in [1.54, 1.807) is 12.1 Å². The average Bonchev–Trinajstić information content (AvgIpc) is 3.21. The summed E-state index contributed by atoms with van der Waals surface area (Å²) in [6.07, 6.45) is 8.74. The number of aryl methyl sites for hydroxylation is 1. The van der Waals surface area contributed by atoms with E-state index in [4.69, 9.17) is 61.0 Å². The molecular formula is C41H74O16S. The zero-order valence-electron chi connectivity index (χ0n) is 35.4. The van der Waals surface area contributed by atoms with Gasteiger partial charge in [-0.25, -0.2) is 0 Å². The van der Waals surface area contributed by atoms with Crippen molar-refractivity contribution in [3.05, 3.63) is 29.8 Å². The number of rotatable bonds is 46. The molecule has 0 radical (unpaired) electrons. The molecule has 0 fully saturated rings. The van der Waals surface area contributed by atoms with Gasteiger partial charge in [-0.2, -0.15) is 8.42 Å². The zero-order valence-corrected chi connectivity index (χ0v) is 36.2. The number of carbonyl (C=O) groups excluding carboxylic acids is 1. The summed E-state index contributed by atoms with van der Waals surface area (Å²) >= 11 is 0. The maximum absolute atomic E-state index is 12.1. The molecule has 0 heterocycles. The molecule has 0 N–H and O–H groups in total. The zero-order chi connectivity index (χ0) is 41.9. The van der Waals surface area contributed by atoms with E-state index in [0.29, 0.717) is 145 Å². The minimum atomic E-state index is -3.78. The second kappa shape index (κ2) is 41.9. The molecule has 0 unspecified atom stereocenters. The van der Waals surface area contributed by atoms with E-state index < -0.39 is 10.1 Å². The molecule has 340 valence electrons. The van der Waals surface area contributed by atoms with Crippen LogP contribution in [0, 0.1) is 6.92 Å². The largest absolute Gasteiger partial charge is 0.463 e. The van der Waals surface area contributed by atoms with Crippen LogP contribution in [0.2, 0.25) is 0 Å². The number of ether oxygens (including phenoxy) is 12. The van der Waals surface area contributed by atoms with Crippen molar-refractivity contribution < 1.29 is 74.2 Å². The second-order valence-corrected chi connectivity index (χ2v) is 14.5. The summed E-state index contributed by atoms with van der Waals surface area (Å²) in [6, 6.07) is 6.48. The molecule has 17 heteroatoms. The lowest BCUT2D eigenvalue weighted by molar-refractivity contribution is -0.145. The van der Waals surface area contributed by atoms with Crippen LogP contribution in [-0.2, 0) is 75.9 Å². The first-order valence-corrected chi connectivity index (χ1v) is 22.3. The molecule has 0 saturated heterocycles. The van der Waals surface area contributed by atoms with Crippen molar-refractivity contribution in [2.75, 3.05) is 159 Å². The Morgan fingerprint density at radius 2 is 0.707 bits per heavy atom. The van der Waals surface area contributed by atoms with Gasteiger partial charge in [0.25, 0.3) is 10.1 Å². The van der Waals surface area contributed by atoms with Crippen molar-refractivity contribution in [3.8, 4) is 0 Å². The summed E-state index contributed by atoms with van der Waals surface area (Å²) in [6.45, 7) is 13.9. The van der Waals surface area contributed by atoms with Crippen LogP contribution in [0.15, 0.2) is 29.2 Å². The molecule has 0 bridgehead atoms. The van der Waals surface area contributed by atoms with Gasteiger partial charge in [0.15, 0.2) is 0 Å². The van der Waals surface area contributed by atoms with Crippen LogP contribution in [0.25, 0.3) is 0 Å². The number of hydrogen-bond acceptors (Lipinski definition) is 16. The Kier molecular flexibility index (Phi) is 39.1. The van der Waals surface area contributed by atoms with Gasteiger partial charge in [-0.05, 0) is 25.5 Å². The van der Waals surface area contributed by atoms with Gasteiger partial charge in [-0.15, -0.1) is 0 Å². The number of esters is 1. The third kappa shape index (κ3) is 37.2. The summed E-state index contributed by atoms with van der Waals surface area (Å²) < 4.78 is 94.4. The predicted octanol–water partition coefficient (Wildman–Crippen LogP) is 4.57. The molecule has 1 aromatic carbocycles. The van der Waals surface area contributed by atoms with Crippen molar-refractivity contribution in [1.82, 2.24) is 0 Å². The first kappa shape index (κ1) is 54.2. The maximum atomic E-state index is 12.1. The second-order valence-electron chi connectivity index (χ2n) is 12.9. The highest BCUT2D eigenvalue weighted by molar-refractivity contribution is 7.86. The maximum Gasteiger partial charge on any atom is 0.305 e. The monoisotopic (exact) mass is 854 g/mol. The van der Waals surface area contributed by atoms with Crippen LogP contribution >= 0.6 is 0 Å². The third-order valence-electron chi connectivity index (χ3n) is 7.97. The van der Waals surface area contributed by atoms with Crippen molar-refractivity contribution in [2.45, 2.75) is 70.1 Å². The quantitative estimate of drug-likeness (QED) is 0.0507. The SMILES string of the molecule is CCCCCCCCCC(=O)OCCOCCOCCOCCOCCOCCOCCOCCOCCOCCOCCOCCOS(=O)(=O)c1ccc(C)cc1. The van der Waals surface area contributed by atoms with E-state index in [0.717, 1.165) is 18.4 Å². The van der Waals surface area contributed by atoms with Gasteiger partial charge in [0, 0.05) is 6.42 Å². The van der Waals surface area contributed by atoms with Gasteiger partial charge >= 0.3 is 5.97 Å². The van der Waals surface area contributed by atoms with Crippen molar-refractivity contribution >= 4 is 16.1 Å². The van der Waals surface area contributed by atoms with Crippen molar-refractivity contribution in [3.63, 3.8) is 0 Å². The molecule has 0 aliphatic heterocycles. The minimum Gasteiger partial charge on any atom is -0.463 e. The molecule has 1 aromatic rings. The molecule has 0 atom stereocenters. The van der Waals surface area contributed by atoms with Crippen molar-refractivity contribution in [2.24, 2.45) is 0 Å². The van der Waals surface area contributed by atoms with Gasteiger partial charge in [0.1, 0.15) is 6.61 Å². The Bertz CT molecular complexity index is 1130. The Hall–Kier alpha value is -1.84. The van der Waals surface area contributed by atoms with Gasteiger partial charge in [-0.1, -0.05) is 63.1 Å². The topological polar surface area (TPSA) is 171 Å². The highest BCUT2D eigenvalue weighted by atomic mass is 32.2. The molecule has 1 rings (SSSR count). The van der Waals surface area contributed by atoms with E-state index in [2.05, 4.69) is 6.92 Å². The minimum absolute atomic E-state index is 0.0640. The number of benzene rings is 1. The van der Waals surface area contributed by atoms with Crippen LogP contribution in [0.1, 0.15) is 63.9 Å². The number of carbonyl (C=O) groups is 1. The fourth-order valence-electron chi connectivity index (χ4n) is 4.79. The molecular weight excluding hydrogens is 781 g/mol. The summed E-state index contributed by atoms with van der Waals surface area (Å²) in [5.74, 6) is -0.148. The van der Waals surface area contributed by atoms with E-state index in [9.17, 15) is 13.2 Å². The third-order valence-corrected chi connectivity index (χ3v) is 9.30. The summed E-state index contributed by atoms with van der Waals surface area (Å²) in [7, 11) is -3.78. The Morgan fingerprint density at radius 1 is 0.414 bits per heavy atom. The lowest BCUT2D eigenvalue weighted by Gasteiger charge is -2.09. The average molecular weight is 855 g/mol. The van der Waals surface area contributed by atoms with Crippen LogP contribution in [0.5, 0.6) is 0 Å². The van der Waals surface area contributed by atoms with Gasteiger partial charge < -0.3 is 56.8 Å². The van der Waals surface area contributed by atoms with Crippen LogP contribution < -0.4 is 0 Å². The Morgan fingerprint density at radius 3 is 1.05 bits per heavy atom. The molecule has 16 nitrogen and oxygen atoms in total. The van der Waals surface area contributed by atoms with E-state index in [1.807, 2.05) is 6.92 Å². The van der Waals surface area contributed by atoms with Gasteiger partial charge in [-0.3, -0.25) is 8.98 Å². The summed E-state index contributed by atoms with van der Waals surface area (Å²) in [5.41, 5.74) is 0.972. The molecule has 58 heavy (non-hydrogen) atoms. The fraction of sp³-hybridized carbons (Fsp3) is 0.829. The lowest BCUT2D eigenvalue weighted by atomic mass is 10.1. The first-order chi connectivity index (χ1) is 28.5. The summed E-state index contributed by atoms with van der Waals surface area (Å²) in [4.78, 5) is 11.9. The van der Waals surface area contributed by atoms with Gasteiger partial charge in [0.2, 0.25) is 0 Å². The van der Waals surface area contributed by atoms with Crippen molar-refractivity contribution in [1.29, 1.82) is 0 Å². The van der Waals surface area contributed by atoms with E-state index >= 15 is 0 Å². The Labute approximate surface area is 348 Å². The number of hydrogen-bond donors (Lipinski definition) is 0. The molecule has 0 aliphatic rings. The molecule has 0 aromatic heterocycles. The highest BCUT2D eigenvalue weighted by Crippen LogP contribution is 2.13. The van der Waals surface area contributed by atoms with Crippen LogP contribution in [-0.4, -0.2) is 173 Å². The first-order valence-electron chi connectivity index (χ1n) is 20.9. The van der Waals surface area contributed by atoms with Crippen LogP contribution in [0.4, 0.5) is 0 Å².